The van der Waals surface area contributed by atoms with Gasteiger partial charge in [0.1, 0.15) is 18.0 Å². The highest BCUT2D eigenvalue weighted by atomic mass is 19.2. The second-order valence-electron chi connectivity index (χ2n) is 10.1. The molecule has 2 N–H and O–H groups in total. The number of nitrogens with zero attached hydrogens (tertiary/aromatic N) is 2. The third-order valence-electron chi connectivity index (χ3n) is 7.71. The molecule has 2 aliphatic rings. The summed E-state index contributed by atoms with van der Waals surface area (Å²) in [5.41, 5.74) is 1.18. The first-order valence-corrected chi connectivity index (χ1v) is 12.9. The van der Waals surface area contributed by atoms with Crippen molar-refractivity contribution in [3.05, 3.63) is 65.5 Å². The molecule has 2 unspecified atom stereocenters. The van der Waals surface area contributed by atoms with Crippen LogP contribution in [0.15, 0.2) is 42.5 Å². The zero-order valence-electron chi connectivity index (χ0n) is 19.9. The highest BCUT2D eigenvalue weighted by molar-refractivity contribution is 5.85. The number of carbonyl (C=O) groups is 1. The number of halogens is 2. The molecule has 0 saturated heterocycles. The predicted octanol–water partition coefficient (Wildman–Crippen LogP) is 5.97. The van der Waals surface area contributed by atoms with Crippen molar-refractivity contribution in [2.24, 2.45) is 5.92 Å². The molecule has 5 rings (SSSR count). The maximum absolute atomic E-state index is 14.5. The topological polar surface area (TPSA) is 67.2 Å². The van der Waals surface area contributed by atoms with Crippen LogP contribution in [0.3, 0.4) is 0 Å². The maximum atomic E-state index is 14.5. The smallest absolute Gasteiger partial charge is 0.243 e. The van der Waals surface area contributed by atoms with Crippen LogP contribution >= 0.6 is 0 Å². The molecule has 1 heterocycles. The van der Waals surface area contributed by atoms with Gasteiger partial charge in [-0.25, -0.2) is 13.8 Å². The van der Waals surface area contributed by atoms with Gasteiger partial charge >= 0.3 is 0 Å². The van der Waals surface area contributed by atoms with E-state index in [2.05, 4.69) is 10.3 Å². The van der Waals surface area contributed by atoms with Crippen molar-refractivity contribution in [1.82, 2.24) is 14.9 Å². The van der Waals surface area contributed by atoms with Gasteiger partial charge < -0.3 is 15.0 Å². The number of benzene rings is 2. The minimum atomic E-state index is -1.14. The number of nitrogens with one attached hydrogen (secondary N) is 1. The van der Waals surface area contributed by atoms with E-state index >= 15 is 0 Å². The number of hydrogen-bond donors (Lipinski definition) is 2. The number of carbonyl (C=O) groups excluding carboxylic acids is 1. The summed E-state index contributed by atoms with van der Waals surface area (Å²) in [6.07, 6.45) is 9.03. The number of aliphatic hydroxyl groups excluding tert-OH is 1. The fourth-order valence-electron chi connectivity index (χ4n) is 5.90. The normalized spacial score (nSPS) is 19.5. The van der Waals surface area contributed by atoms with Crippen molar-refractivity contribution < 1.29 is 18.7 Å². The van der Waals surface area contributed by atoms with Crippen molar-refractivity contribution in [1.29, 1.82) is 0 Å². The number of amides is 1. The molecule has 0 radical (unpaired) electrons. The molecule has 186 valence electrons. The largest absolute Gasteiger partial charge is 0.380 e. The number of imidazole rings is 1. The van der Waals surface area contributed by atoms with Crippen molar-refractivity contribution in [2.75, 3.05) is 0 Å². The van der Waals surface area contributed by atoms with Crippen molar-refractivity contribution in [2.45, 2.75) is 82.4 Å². The zero-order valence-corrected chi connectivity index (χ0v) is 19.9. The first-order valence-electron chi connectivity index (χ1n) is 12.9. The lowest BCUT2D eigenvalue weighted by Gasteiger charge is -2.34. The van der Waals surface area contributed by atoms with Crippen LogP contribution in [0.4, 0.5) is 8.78 Å². The van der Waals surface area contributed by atoms with E-state index in [1.54, 1.807) is 16.7 Å². The molecule has 2 aromatic carbocycles. The van der Waals surface area contributed by atoms with Crippen molar-refractivity contribution in [3.8, 4) is 0 Å². The molecular weight excluding hydrogens is 448 g/mol. The molecule has 2 aliphatic carbocycles. The molecule has 35 heavy (non-hydrogen) atoms. The summed E-state index contributed by atoms with van der Waals surface area (Å²) in [4.78, 5) is 18.5. The van der Waals surface area contributed by atoms with E-state index in [4.69, 9.17) is 0 Å². The second kappa shape index (κ2) is 10.4. The third kappa shape index (κ3) is 4.96. The quantitative estimate of drug-likeness (QED) is 0.456. The minimum Gasteiger partial charge on any atom is -0.380 e. The van der Waals surface area contributed by atoms with E-state index in [0.29, 0.717) is 11.1 Å². The molecular formula is C28H33F2N3O2. The Balaban J connectivity index is 1.64. The molecule has 0 bridgehead atoms. The molecule has 0 aliphatic heterocycles. The second-order valence-corrected chi connectivity index (χ2v) is 10.1. The third-order valence-corrected chi connectivity index (χ3v) is 7.71. The average molecular weight is 482 g/mol. The Hall–Kier alpha value is -2.80. The van der Waals surface area contributed by atoms with Gasteiger partial charge in [0, 0.05) is 18.2 Å². The maximum Gasteiger partial charge on any atom is 0.243 e. The Bertz CT molecular complexity index is 1170. The molecule has 7 heteroatoms. The number of rotatable bonds is 6. The fourth-order valence-corrected chi connectivity index (χ4v) is 5.90. The van der Waals surface area contributed by atoms with Gasteiger partial charge in [-0.2, -0.15) is 0 Å². The Morgan fingerprint density at radius 3 is 2.26 bits per heavy atom. The summed E-state index contributed by atoms with van der Waals surface area (Å²) in [5, 5.41) is 14.6. The van der Waals surface area contributed by atoms with Crippen LogP contribution in [0, 0.1) is 17.6 Å². The first-order chi connectivity index (χ1) is 17.0. The molecule has 1 amide bonds. The highest BCUT2D eigenvalue weighted by Crippen LogP contribution is 2.39. The molecule has 2 atom stereocenters. The molecule has 2 fully saturated rings. The van der Waals surface area contributed by atoms with Gasteiger partial charge in [0.25, 0.3) is 0 Å². The molecule has 1 aromatic heterocycles. The lowest BCUT2D eigenvalue weighted by atomic mass is 9.82. The van der Waals surface area contributed by atoms with Gasteiger partial charge in [-0.05, 0) is 37.2 Å². The monoisotopic (exact) mass is 481 g/mol. The van der Waals surface area contributed by atoms with Crippen LogP contribution in [0.5, 0.6) is 0 Å². The summed E-state index contributed by atoms with van der Waals surface area (Å²) < 4.78 is 30.3. The van der Waals surface area contributed by atoms with E-state index in [1.165, 1.54) is 6.42 Å². The van der Waals surface area contributed by atoms with Crippen LogP contribution < -0.4 is 5.32 Å². The van der Waals surface area contributed by atoms with Gasteiger partial charge in [0.05, 0.1) is 11.0 Å². The minimum absolute atomic E-state index is 0.0274. The van der Waals surface area contributed by atoms with Crippen LogP contribution in [0.2, 0.25) is 0 Å². The number of aliphatic hydroxyl groups is 1. The Labute approximate surface area is 204 Å². The summed E-state index contributed by atoms with van der Waals surface area (Å²) >= 11 is 0. The van der Waals surface area contributed by atoms with E-state index in [1.807, 2.05) is 18.2 Å². The van der Waals surface area contributed by atoms with Crippen molar-refractivity contribution >= 4 is 16.9 Å². The van der Waals surface area contributed by atoms with Crippen LogP contribution in [-0.2, 0) is 4.79 Å². The van der Waals surface area contributed by atoms with E-state index in [-0.39, 0.29) is 29.2 Å². The summed E-state index contributed by atoms with van der Waals surface area (Å²) in [7, 11) is 0. The Kier molecular flexibility index (Phi) is 7.14. The van der Waals surface area contributed by atoms with Gasteiger partial charge in [-0.3, -0.25) is 4.79 Å². The molecule has 3 aromatic rings. The predicted molar refractivity (Wildman–Crippen MR) is 131 cm³/mol. The van der Waals surface area contributed by atoms with Gasteiger partial charge in [-0.1, -0.05) is 68.9 Å². The first kappa shape index (κ1) is 23.9. The van der Waals surface area contributed by atoms with Gasteiger partial charge in [0.2, 0.25) is 5.91 Å². The van der Waals surface area contributed by atoms with Crippen LogP contribution in [0.1, 0.15) is 87.7 Å². The summed E-state index contributed by atoms with van der Waals surface area (Å²) in [6.45, 7) is 0. The lowest BCUT2D eigenvalue weighted by Crippen LogP contribution is -2.44. The highest BCUT2D eigenvalue weighted by Gasteiger charge is 2.36. The van der Waals surface area contributed by atoms with Gasteiger partial charge in [0.15, 0.2) is 11.6 Å². The Morgan fingerprint density at radius 1 is 0.943 bits per heavy atom. The zero-order chi connectivity index (χ0) is 24.4. The SMILES string of the molecule is O=C(NC1CCCCC1)C(C1CCCCC1)n1c(C(O)c2ccccc2)nc2cc(F)c(F)cc21. The van der Waals surface area contributed by atoms with Crippen LogP contribution in [-0.4, -0.2) is 26.6 Å². The molecule has 2 saturated carbocycles. The summed E-state index contributed by atoms with van der Waals surface area (Å²) in [6, 6.07) is 10.7. The Morgan fingerprint density at radius 2 is 1.57 bits per heavy atom. The summed E-state index contributed by atoms with van der Waals surface area (Å²) in [5.74, 6) is -1.84. The van der Waals surface area contributed by atoms with Crippen LogP contribution in [0.25, 0.3) is 11.0 Å². The molecule has 0 spiro atoms. The van der Waals surface area contributed by atoms with Crippen molar-refractivity contribution in [3.63, 3.8) is 0 Å². The number of hydrogen-bond acceptors (Lipinski definition) is 3. The average Bonchev–Trinajstić information content (AvgIpc) is 3.23. The fraction of sp³-hybridized carbons (Fsp3) is 0.500. The van der Waals surface area contributed by atoms with E-state index in [0.717, 1.165) is 69.9 Å². The lowest BCUT2D eigenvalue weighted by molar-refractivity contribution is -0.127. The molecule has 5 nitrogen and oxygen atoms in total. The van der Waals surface area contributed by atoms with Gasteiger partial charge in [-0.15, -0.1) is 0 Å². The van der Waals surface area contributed by atoms with E-state index in [9.17, 15) is 18.7 Å². The number of fused-ring (bicyclic) bond motifs is 1. The standard InChI is InChI=1S/C28H33F2N3O2/c29-21-16-23-24(17-22(21)30)33(27(32-23)26(34)19-12-6-2-7-13-19)25(18-10-4-1-5-11-18)28(35)31-20-14-8-3-9-15-20/h2,6-7,12-13,16-18,20,25-26,34H,1,3-5,8-11,14-15H2,(H,31,35). The number of aromatic nitrogens is 2. The van der Waals surface area contributed by atoms with E-state index < -0.39 is 23.8 Å².